The average molecular weight is 803 g/mol. The first-order valence-corrected chi connectivity index (χ1v) is 23.3. The minimum absolute atomic E-state index is 0.0525. The van der Waals surface area contributed by atoms with Gasteiger partial charge in [-0.1, -0.05) is 111 Å². The monoisotopic (exact) mass is 803 g/mol. The highest BCUT2D eigenvalue weighted by atomic mass is 16.4. The normalized spacial score (nSPS) is 35.2. The number of phenols is 1. The smallest absolute Gasteiger partial charge is 0.326 e. The largest absolute Gasteiger partial charge is 0.508 e. The van der Waals surface area contributed by atoms with Crippen molar-refractivity contribution in [3.05, 3.63) is 41.5 Å². The van der Waals surface area contributed by atoms with Gasteiger partial charge in [0.15, 0.2) is 0 Å². The number of aliphatic hydroxyl groups excluding tert-OH is 1. The molecule has 0 bridgehead atoms. The number of carboxylic acid groups (broad SMARTS) is 1. The Labute approximate surface area is 350 Å². The molecule has 8 heteroatoms. The van der Waals surface area contributed by atoms with Crippen molar-refractivity contribution >= 4 is 17.8 Å². The molecule has 2 amide bonds. The quantitative estimate of drug-likeness (QED) is 0.0834. The third kappa shape index (κ3) is 8.53. The van der Waals surface area contributed by atoms with E-state index in [1.165, 1.54) is 25.0 Å². The summed E-state index contributed by atoms with van der Waals surface area (Å²) >= 11 is 0. The lowest BCUT2D eigenvalue weighted by atomic mass is 9.33. The lowest BCUT2D eigenvalue weighted by Crippen LogP contribution is -2.65. The van der Waals surface area contributed by atoms with Gasteiger partial charge in [0.2, 0.25) is 11.8 Å². The number of rotatable bonds is 16. The predicted molar refractivity (Wildman–Crippen MR) is 231 cm³/mol. The number of unbranched alkanes of at least 4 members (excludes halogenated alkanes) is 7. The van der Waals surface area contributed by atoms with Crippen LogP contribution in [0.4, 0.5) is 0 Å². The number of aliphatic hydroxyl groups is 1. The lowest BCUT2D eigenvalue weighted by Gasteiger charge is -2.71. The van der Waals surface area contributed by atoms with Crippen LogP contribution in [-0.2, 0) is 20.8 Å². The maximum atomic E-state index is 14.5. The van der Waals surface area contributed by atoms with Crippen LogP contribution in [0.25, 0.3) is 0 Å². The molecule has 5 N–H and O–H groups in total. The van der Waals surface area contributed by atoms with E-state index in [2.05, 4.69) is 65.2 Å². The highest BCUT2D eigenvalue weighted by Crippen LogP contribution is 2.75. The van der Waals surface area contributed by atoms with E-state index >= 15 is 0 Å². The minimum Gasteiger partial charge on any atom is -0.508 e. The second kappa shape index (κ2) is 17.2. The van der Waals surface area contributed by atoms with Crippen molar-refractivity contribution in [2.45, 2.75) is 189 Å². The third-order valence-electron chi connectivity index (χ3n) is 17.7. The molecule has 324 valence electrons. The summed E-state index contributed by atoms with van der Waals surface area (Å²) in [6.45, 7) is 18.0. The van der Waals surface area contributed by atoms with Crippen LogP contribution in [0, 0.1) is 50.2 Å². The van der Waals surface area contributed by atoms with Gasteiger partial charge in [-0.3, -0.25) is 9.59 Å². The first-order chi connectivity index (χ1) is 27.3. The molecular weight excluding hydrogens is 725 g/mol. The van der Waals surface area contributed by atoms with Crippen LogP contribution in [0.15, 0.2) is 35.9 Å². The summed E-state index contributed by atoms with van der Waals surface area (Å²) in [6.07, 6.45) is 22.0. The van der Waals surface area contributed by atoms with Crippen LogP contribution < -0.4 is 10.6 Å². The Morgan fingerprint density at radius 3 is 2.09 bits per heavy atom. The van der Waals surface area contributed by atoms with Crippen LogP contribution in [0.5, 0.6) is 5.75 Å². The molecule has 5 aliphatic carbocycles. The molecule has 8 nitrogen and oxygen atoms in total. The Hall–Kier alpha value is -2.87. The number of carboxylic acids is 1. The fourth-order valence-corrected chi connectivity index (χ4v) is 13.8. The fraction of sp³-hybridized carbons (Fsp3) is 0.780. The summed E-state index contributed by atoms with van der Waals surface area (Å²) in [5, 5.41) is 36.3. The molecule has 0 saturated heterocycles. The first-order valence-electron chi connectivity index (χ1n) is 23.3. The number of fused-ring (bicyclic) bond motifs is 7. The van der Waals surface area contributed by atoms with Crippen molar-refractivity contribution in [3.63, 3.8) is 0 Å². The Morgan fingerprint density at radius 2 is 1.41 bits per heavy atom. The van der Waals surface area contributed by atoms with E-state index in [1.54, 1.807) is 17.7 Å². The standard InChI is InChI=1S/C50H78N2O6/c1-45(2)27-29-50(30-28-48(6)36(37(50)33-45)21-22-40-47(5)25-24-41(54)46(3,4)39(47)23-26-49(40,48)7)44(58)51-31-15-13-11-9-8-10-12-14-16-42(55)52-38(43(56)57)32-34-17-19-35(53)20-18-34/h17-21,37-41,53-54H,8-16,22-33H2,1-7H3,(H,51,58)(H,52,55)(H,56,57)/t37?,38-,39?,40?,41+,47+,48-,49-,50+/m1/s1. The summed E-state index contributed by atoms with van der Waals surface area (Å²) in [5.41, 5.74) is 2.75. The van der Waals surface area contributed by atoms with Gasteiger partial charge in [0.05, 0.1) is 11.5 Å². The van der Waals surface area contributed by atoms with Crippen molar-refractivity contribution in [1.29, 1.82) is 0 Å². The van der Waals surface area contributed by atoms with Gasteiger partial charge in [0.25, 0.3) is 0 Å². The number of amides is 2. The molecule has 5 aliphatic rings. The van der Waals surface area contributed by atoms with Gasteiger partial charge >= 0.3 is 5.97 Å². The SMILES string of the molecule is CC1(C)CC[C@]2(C(=O)NCCCCCCCCCCC(=O)N[C@H](Cc3ccc(O)cc3)C(=O)O)CC[C@]3(C)C(=CCC4[C@@]5(C)CC[C@H](O)C(C)(C)C5CC[C@]43C)C2C1. The maximum Gasteiger partial charge on any atom is 0.326 e. The second-order valence-electron chi connectivity index (χ2n) is 21.9. The number of phenolic OH excluding ortho intramolecular Hbond substituents is 1. The molecular formula is C50H78N2O6. The van der Waals surface area contributed by atoms with Crippen LogP contribution in [0.3, 0.4) is 0 Å². The number of carbonyl (C=O) groups excluding carboxylic acids is 2. The van der Waals surface area contributed by atoms with Crippen molar-refractivity contribution in [2.24, 2.45) is 50.2 Å². The van der Waals surface area contributed by atoms with E-state index in [9.17, 15) is 29.7 Å². The van der Waals surface area contributed by atoms with Crippen LogP contribution in [0.1, 0.15) is 176 Å². The molecule has 3 unspecified atom stereocenters. The van der Waals surface area contributed by atoms with Crippen LogP contribution in [0.2, 0.25) is 0 Å². The van der Waals surface area contributed by atoms with E-state index in [0.717, 1.165) is 115 Å². The van der Waals surface area contributed by atoms with Gasteiger partial charge in [-0.2, -0.15) is 0 Å². The molecule has 9 atom stereocenters. The molecule has 6 rings (SSSR count). The average Bonchev–Trinajstić information content (AvgIpc) is 3.16. The molecule has 0 aromatic heterocycles. The Morgan fingerprint density at radius 1 is 0.776 bits per heavy atom. The summed E-state index contributed by atoms with van der Waals surface area (Å²) < 4.78 is 0. The molecule has 4 fully saturated rings. The zero-order valence-corrected chi connectivity index (χ0v) is 37.2. The second-order valence-corrected chi connectivity index (χ2v) is 21.9. The number of hydrogen-bond acceptors (Lipinski definition) is 5. The van der Waals surface area contributed by atoms with Gasteiger partial charge in [0, 0.05) is 19.4 Å². The topological polar surface area (TPSA) is 136 Å². The fourth-order valence-electron chi connectivity index (χ4n) is 13.8. The summed E-state index contributed by atoms with van der Waals surface area (Å²) in [4.78, 5) is 38.7. The van der Waals surface area contributed by atoms with E-state index in [0.29, 0.717) is 30.1 Å². The van der Waals surface area contributed by atoms with Crippen molar-refractivity contribution in [1.82, 2.24) is 10.6 Å². The van der Waals surface area contributed by atoms with Crippen molar-refractivity contribution in [3.8, 4) is 5.75 Å². The number of carbonyl (C=O) groups is 3. The molecule has 0 aliphatic heterocycles. The number of aromatic hydroxyl groups is 1. The lowest BCUT2D eigenvalue weighted by molar-refractivity contribution is -0.203. The molecule has 1 aromatic rings. The van der Waals surface area contributed by atoms with E-state index in [1.807, 2.05) is 0 Å². The molecule has 58 heavy (non-hydrogen) atoms. The number of allylic oxidation sites excluding steroid dienone is 2. The number of nitrogens with one attached hydrogen (secondary N) is 2. The maximum absolute atomic E-state index is 14.5. The number of hydrogen-bond donors (Lipinski definition) is 5. The highest BCUT2D eigenvalue weighted by Gasteiger charge is 2.69. The third-order valence-corrected chi connectivity index (χ3v) is 17.7. The van der Waals surface area contributed by atoms with Gasteiger partial charge in [0.1, 0.15) is 11.8 Å². The van der Waals surface area contributed by atoms with Gasteiger partial charge in [-0.15, -0.1) is 0 Å². The van der Waals surface area contributed by atoms with Gasteiger partial charge < -0.3 is 26.0 Å². The number of benzene rings is 1. The summed E-state index contributed by atoms with van der Waals surface area (Å²) in [6, 6.07) is 5.38. The first kappa shape index (κ1) is 44.7. The minimum atomic E-state index is -1.06. The Bertz CT molecular complexity index is 1670. The Balaban J connectivity index is 0.948. The number of aliphatic carboxylic acids is 1. The van der Waals surface area contributed by atoms with Crippen LogP contribution >= 0.6 is 0 Å². The van der Waals surface area contributed by atoms with Gasteiger partial charge in [-0.25, -0.2) is 4.79 Å². The molecule has 0 spiro atoms. The van der Waals surface area contributed by atoms with E-state index < -0.39 is 12.0 Å². The highest BCUT2D eigenvalue weighted by molar-refractivity contribution is 5.84. The summed E-state index contributed by atoms with van der Waals surface area (Å²) in [5.74, 6) is 0.576. The zero-order valence-electron chi connectivity index (χ0n) is 37.2. The molecule has 4 saturated carbocycles. The molecule has 0 radical (unpaired) electrons. The Kier molecular flexibility index (Phi) is 13.3. The zero-order chi connectivity index (χ0) is 42.1. The van der Waals surface area contributed by atoms with E-state index in [-0.39, 0.29) is 56.7 Å². The summed E-state index contributed by atoms with van der Waals surface area (Å²) in [7, 11) is 0. The predicted octanol–water partition coefficient (Wildman–Crippen LogP) is 10.3. The van der Waals surface area contributed by atoms with E-state index in [4.69, 9.17) is 0 Å². The molecule has 1 aromatic carbocycles. The van der Waals surface area contributed by atoms with Crippen molar-refractivity contribution in [2.75, 3.05) is 6.54 Å². The van der Waals surface area contributed by atoms with Crippen LogP contribution in [-0.4, -0.2) is 51.8 Å². The van der Waals surface area contributed by atoms with Crippen molar-refractivity contribution < 1.29 is 29.7 Å². The molecule has 0 heterocycles. The van der Waals surface area contributed by atoms with Gasteiger partial charge in [-0.05, 0) is 140 Å².